The highest BCUT2D eigenvalue weighted by atomic mass is 16.5. The summed E-state index contributed by atoms with van der Waals surface area (Å²) >= 11 is 0. The summed E-state index contributed by atoms with van der Waals surface area (Å²) < 4.78 is 5.15. The van der Waals surface area contributed by atoms with Crippen molar-refractivity contribution in [2.75, 3.05) is 13.2 Å². The van der Waals surface area contributed by atoms with E-state index in [0.717, 1.165) is 12.8 Å². The summed E-state index contributed by atoms with van der Waals surface area (Å²) in [6, 6.07) is 0.0462. The van der Waals surface area contributed by atoms with Crippen LogP contribution in [0.25, 0.3) is 0 Å². The molecule has 5 nitrogen and oxygen atoms in total. The molecule has 0 atom stereocenters. The number of carbonyl (C=O) groups excluding carboxylic acids is 1. The average molecular weight is 215 g/mol. The van der Waals surface area contributed by atoms with Gasteiger partial charge in [0, 0.05) is 19.3 Å². The molecule has 5 heteroatoms. The van der Waals surface area contributed by atoms with E-state index in [0.29, 0.717) is 13.2 Å². The second kappa shape index (κ2) is 4.61. The van der Waals surface area contributed by atoms with Crippen LogP contribution in [0.4, 0.5) is 0 Å². The van der Waals surface area contributed by atoms with Gasteiger partial charge in [-0.2, -0.15) is 0 Å². The molecule has 0 aromatic carbocycles. The zero-order valence-corrected chi connectivity index (χ0v) is 9.08. The molecule has 0 aromatic rings. The number of carboxylic acids is 1. The highest BCUT2D eigenvalue weighted by Gasteiger charge is 2.37. The van der Waals surface area contributed by atoms with E-state index >= 15 is 0 Å². The molecule has 1 rings (SSSR count). The van der Waals surface area contributed by atoms with E-state index in [1.165, 1.54) is 13.8 Å². The third kappa shape index (κ3) is 2.92. The van der Waals surface area contributed by atoms with Crippen LogP contribution in [0.15, 0.2) is 0 Å². The van der Waals surface area contributed by atoms with Crippen LogP contribution in [-0.4, -0.2) is 36.2 Å². The number of rotatable bonds is 3. The minimum atomic E-state index is -1.36. The number of carbonyl (C=O) groups is 2. The summed E-state index contributed by atoms with van der Waals surface area (Å²) in [4.78, 5) is 22.5. The Labute approximate surface area is 88.8 Å². The highest BCUT2D eigenvalue weighted by Crippen LogP contribution is 2.17. The van der Waals surface area contributed by atoms with Gasteiger partial charge in [0.05, 0.1) is 0 Å². The first-order valence-electron chi connectivity index (χ1n) is 5.06. The number of hydrogen-bond acceptors (Lipinski definition) is 3. The Morgan fingerprint density at radius 1 is 1.33 bits per heavy atom. The molecular formula is C10H17NO4. The molecule has 1 aliphatic heterocycles. The maximum atomic E-state index is 11.6. The molecule has 0 spiro atoms. The van der Waals surface area contributed by atoms with Gasteiger partial charge in [-0.05, 0) is 26.7 Å². The van der Waals surface area contributed by atoms with Crippen molar-refractivity contribution >= 4 is 11.9 Å². The largest absolute Gasteiger partial charge is 0.480 e. The number of aliphatic carboxylic acids is 1. The van der Waals surface area contributed by atoms with Gasteiger partial charge in [-0.25, -0.2) is 0 Å². The van der Waals surface area contributed by atoms with E-state index in [1.54, 1.807) is 0 Å². The summed E-state index contributed by atoms with van der Waals surface area (Å²) in [5.41, 5.74) is -1.36. The van der Waals surface area contributed by atoms with E-state index in [9.17, 15) is 9.59 Å². The summed E-state index contributed by atoms with van der Waals surface area (Å²) in [5.74, 6) is -1.53. The van der Waals surface area contributed by atoms with Crippen molar-refractivity contribution in [1.82, 2.24) is 5.32 Å². The molecule has 86 valence electrons. The fourth-order valence-corrected chi connectivity index (χ4v) is 1.30. The first-order chi connectivity index (χ1) is 6.94. The van der Waals surface area contributed by atoms with Crippen LogP contribution in [-0.2, 0) is 14.3 Å². The van der Waals surface area contributed by atoms with Gasteiger partial charge in [0.25, 0.3) is 0 Å². The van der Waals surface area contributed by atoms with Gasteiger partial charge >= 0.3 is 5.97 Å². The third-order valence-corrected chi connectivity index (χ3v) is 2.66. The average Bonchev–Trinajstić information content (AvgIpc) is 2.18. The Morgan fingerprint density at radius 2 is 1.87 bits per heavy atom. The van der Waals surface area contributed by atoms with Gasteiger partial charge in [0.15, 0.2) is 0 Å². The maximum Gasteiger partial charge on any atom is 0.318 e. The van der Waals surface area contributed by atoms with Gasteiger partial charge in [-0.3, -0.25) is 9.59 Å². The van der Waals surface area contributed by atoms with Crippen molar-refractivity contribution in [1.29, 1.82) is 0 Å². The number of amides is 1. The monoisotopic (exact) mass is 215 g/mol. The smallest absolute Gasteiger partial charge is 0.318 e. The first-order valence-corrected chi connectivity index (χ1v) is 5.06. The molecule has 15 heavy (non-hydrogen) atoms. The van der Waals surface area contributed by atoms with Gasteiger partial charge in [0.1, 0.15) is 5.41 Å². The number of ether oxygens (including phenoxy) is 1. The predicted octanol–water partition coefficient (Wildman–Crippen LogP) is 0.392. The van der Waals surface area contributed by atoms with E-state index in [1.807, 2.05) is 0 Å². The number of carboxylic acid groups (broad SMARTS) is 1. The van der Waals surface area contributed by atoms with Crippen molar-refractivity contribution in [2.45, 2.75) is 32.7 Å². The standard InChI is InChI=1S/C10H17NO4/c1-10(2,9(13)14)8(12)11-7-3-5-15-6-4-7/h7H,3-6H2,1-2H3,(H,11,12)(H,13,14). The second-order valence-corrected chi connectivity index (χ2v) is 4.29. The van der Waals surface area contributed by atoms with Crippen molar-refractivity contribution in [3.63, 3.8) is 0 Å². The van der Waals surface area contributed by atoms with Crippen LogP contribution in [0.1, 0.15) is 26.7 Å². The van der Waals surface area contributed by atoms with Crippen molar-refractivity contribution in [2.24, 2.45) is 5.41 Å². The normalized spacial score (nSPS) is 18.5. The summed E-state index contributed by atoms with van der Waals surface area (Å²) in [7, 11) is 0. The molecule has 1 amide bonds. The van der Waals surface area contributed by atoms with Gasteiger partial charge in [-0.15, -0.1) is 0 Å². The van der Waals surface area contributed by atoms with Gasteiger partial charge in [-0.1, -0.05) is 0 Å². The third-order valence-electron chi connectivity index (χ3n) is 2.66. The summed E-state index contributed by atoms with van der Waals surface area (Å²) in [5, 5.41) is 11.6. The Kier molecular flexibility index (Phi) is 3.68. The molecule has 1 heterocycles. The van der Waals surface area contributed by atoms with Crippen LogP contribution >= 0.6 is 0 Å². The fourth-order valence-electron chi connectivity index (χ4n) is 1.30. The summed E-state index contributed by atoms with van der Waals surface area (Å²) in [6.07, 6.45) is 1.50. The molecule has 0 aliphatic carbocycles. The number of hydrogen-bond donors (Lipinski definition) is 2. The minimum Gasteiger partial charge on any atom is -0.480 e. The topological polar surface area (TPSA) is 75.6 Å². The van der Waals surface area contributed by atoms with E-state index in [4.69, 9.17) is 9.84 Å². The van der Waals surface area contributed by atoms with E-state index in [-0.39, 0.29) is 6.04 Å². The minimum absolute atomic E-state index is 0.0462. The van der Waals surface area contributed by atoms with Crippen LogP contribution < -0.4 is 5.32 Å². The Hall–Kier alpha value is -1.10. The van der Waals surface area contributed by atoms with Crippen molar-refractivity contribution in [3.05, 3.63) is 0 Å². The second-order valence-electron chi connectivity index (χ2n) is 4.29. The Morgan fingerprint density at radius 3 is 2.33 bits per heavy atom. The van der Waals surface area contributed by atoms with Crippen LogP contribution in [0.3, 0.4) is 0 Å². The zero-order valence-electron chi connectivity index (χ0n) is 9.08. The lowest BCUT2D eigenvalue weighted by molar-refractivity contribution is -0.153. The zero-order chi connectivity index (χ0) is 11.5. The molecule has 1 fully saturated rings. The molecule has 0 bridgehead atoms. The predicted molar refractivity (Wildman–Crippen MR) is 53.4 cm³/mol. The SMILES string of the molecule is CC(C)(C(=O)O)C(=O)NC1CCOCC1. The molecule has 1 aliphatic rings. The highest BCUT2D eigenvalue weighted by molar-refractivity contribution is 6.01. The maximum absolute atomic E-state index is 11.6. The molecule has 1 saturated heterocycles. The lowest BCUT2D eigenvalue weighted by Crippen LogP contribution is -2.48. The quantitative estimate of drug-likeness (QED) is 0.668. The van der Waals surface area contributed by atoms with E-state index in [2.05, 4.69) is 5.32 Å². The van der Waals surface area contributed by atoms with Crippen LogP contribution in [0.2, 0.25) is 0 Å². The molecule has 2 N–H and O–H groups in total. The Bertz CT molecular complexity index is 256. The van der Waals surface area contributed by atoms with Gasteiger partial charge in [0.2, 0.25) is 5.91 Å². The molecule has 0 aromatic heterocycles. The lowest BCUT2D eigenvalue weighted by atomic mass is 9.92. The van der Waals surface area contributed by atoms with Crippen LogP contribution in [0.5, 0.6) is 0 Å². The molecule has 0 saturated carbocycles. The number of nitrogens with one attached hydrogen (secondary N) is 1. The molecule has 0 unspecified atom stereocenters. The van der Waals surface area contributed by atoms with Crippen molar-refractivity contribution < 1.29 is 19.4 Å². The van der Waals surface area contributed by atoms with E-state index < -0.39 is 17.3 Å². The summed E-state index contributed by atoms with van der Waals surface area (Å²) in [6.45, 7) is 4.06. The Balaban J connectivity index is 2.50. The lowest BCUT2D eigenvalue weighted by Gasteiger charge is -2.26. The molecular weight excluding hydrogens is 198 g/mol. The molecule has 0 radical (unpaired) electrons. The van der Waals surface area contributed by atoms with Crippen molar-refractivity contribution in [3.8, 4) is 0 Å². The van der Waals surface area contributed by atoms with Crippen LogP contribution in [0, 0.1) is 5.41 Å². The fraction of sp³-hybridized carbons (Fsp3) is 0.800. The van der Waals surface area contributed by atoms with Gasteiger partial charge < -0.3 is 15.2 Å². The first kappa shape index (κ1) is 12.0.